The number of fused-ring (bicyclic) bond motifs is 2. The zero-order valence-corrected chi connectivity index (χ0v) is 6.71. The number of hydrogen-bond donors (Lipinski definition) is 2. The molecule has 0 aromatic rings. The summed E-state index contributed by atoms with van der Waals surface area (Å²) in [5.74, 6) is 0. The molecule has 2 heterocycles. The molecule has 0 aliphatic carbocycles. The maximum atomic E-state index is 9.49. The fourth-order valence-electron chi connectivity index (χ4n) is 1.69. The fraction of sp³-hybridized carbons (Fsp3) is 1.00. The predicted molar refractivity (Wildman–Crippen MR) is 37.4 cm³/mol. The van der Waals surface area contributed by atoms with Crippen molar-refractivity contribution in [3.8, 4) is 0 Å². The summed E-state index contributed by atoms with van der Waals surface area (Å²) >= 11 is 0. The van der Waals surface area contributed by atoms with Crippen LogP contribution in [0.4, 0.5) is 0 Å². The number of aliphatic hydroxyl groups excluding tert-OH is 2. The minimum absolute atomic E-state index is 0.322. The van der Waals surface area contributed by atoms with Crippen molar-refractivity contribution in [3.05, 3.63) is 0 Å². The molecule has 0 saturated carbocycles. The van der Waals surface area contributed by atoms with Gasteiger partial charge in [-0.25, -0.2) is 0 Å². The minimum Gasteiger partial charge on any atom is -0.387 e. The molecule has 2 rings (SSSR count). The smallest absolute Gasteiger partial charge is 0.184 e. The van der Waals surface area contributed by atoms with Crippen LogP contribution in [0.25, 0.3) is 0 Å². The lowest BCUT2D eigenvalue weighted by Crippen LogP contribution is -2.53. The van der Waals surface area contributed by atoms with E-state index in [1.807, 2.05) is 0 Å². The van der Waals surface area contributed by atoms with Crippen molar-refractivity contribution in [3.63, 3.8) is 0 Å². The Bertz CT molecular complexity index is 173. The van der Waals surface area contributed by atoms with Gasteiger partial charge in [-0.1, -0.05) is 0 Å². The van der Waals surface area contributed by atoms with E-state index >= 15 is 0 Å². The Morgan fingerprint density at radius 1 is 1.42 bits per heavy atom. The lowest BCUT2D eigenvalue weighted by Gasteiger charge is -2.34. The normalized spacial score (nSPS) is 52.8. The molecule has 0 amide bonds. The molecule has 2 fully saturated rings. The van der Waals surface area contributed by atoms with Crippen LogP contribution >= 0.6 is 0 Å². The molecule has 0 aromatic carbocycles. The van der Waals surface area contributed by atoms with Crippen molar-refractivity contribution in [2.45, 2.75) is 30.7 Å². The van der Waals surface area contributed by atoms with Gasteiger partial charge < -0.3 is 24.4 Å². The Kier molecular flexibility index (Phi) is 2.05. The third kappa shape index (κ3) is 1.06. The number of aliphatic hydroxyl groups is 2. The molecule has 2 aliphatic rings. The van der Waals surface area contributed by atoms with Crippen molar-refractivity contribution in [1.82, 2.24) is 0 Å². The van der Waals surface area contributed by atoms with E-state index in [1.54, 1.807) is 0 Å². The molecular weight excluding hydrogens is 164 g/mol. The first-order valence-electron chi connectivity index (χ1n) is 3.90. The summed E-state index contributed by atoms with van der Waals surface area (Å²) in [6, 6.07) is 0. The lowest BCUT2D eigenvalue weighted by atomic mass is 10.0. The molecule has 2 aliphatic heterocycles. The maximum absolute atomic E-state index is 9.49. The molecule has 0 spiro atoms. The van der Waals surface area contributed by atoms with E-state index in [1.165, 1.54) is 7.11 Å². The largest absolute Gasteiger partial charge is 0.387 e. The van der Waals surface area contributed by atoms with Gasteiger partial charge in [-0.05, 0) is 0 Å². The molecule has 5 nitrogen and oxygen atoms in total. The van der Waals surface area contributed by atoms with Crippen LogP contribution in [-0.2, 0) is 14.2 Å². The Hall–Kier alpha value is -0.200. The zero-order chi connectivity index (χ0) is 8.72. The summed E-state index contributed by atoms with van der Waals surface area (Å²) in [6.45, 7) is 0.322. The molecule has 12 heavy (non-hydrogen) atoms. The topological polar surface area (TPSA) is 68.2 Å². The van der Waals surface area contributed by atoms with Crippen LogP contribution in [0.15, 0.2) is 0 Å². The van der Waals surface area contributed by atoms with Crippen LogP contribution in [0.5, 0.6) is 0 Å². The third-order valence-corrected chi connectivity index (χ3v) is 2.36. The van der Waals surface area contributed by atoms with Gasteiger partial charge in [0.1, 0.15) is 24.4 Å². The van der Waals surface area contributed by atoms with Gasteiger partial charge in [-0.15, -0.1) is 0 Å². The Morgan fingerprint density at radius 2 is 2.17 bits per heavy atom. The van der Waals surface area contributed by atoms with Crippen LogP contribution in [0.1, 0.15) is 0 Å². The highest BCUT2D eigenvalue weighted by molar-refractivity contribution is 4.95. The maximum Gasteiger partial charge on any atom is 0.184 e. The second-order valence-corrected chi connectivity index (χ2v) is 3.05. The van der Waals surface area contributed by atoms with E-state index in [4.69, 9.17) is 14.2 Å². The molecule has 0 unspecified atom stereocenters. The van der Waals surface area contributed by atoms with Crippen LogP contribution in [0.2, 0.25) is 0 Å². The standard InChI is InChI=1S/C7H12O5/c1-10-6-5-4(8)3(2-11-5)12-7(6)9/h3-9H,2H2,1H3/t3-,4-,5+,6-,7+/m1/s1. The zero-order valence-electron chi connectivity index (χ0n) is 6.71. The van der Waals surface area contributed by atoms with E-state index in [2.05, 4.69) is 0 Å². The molecule has 0 aromatic heterocycles. The number of rotatable bonds is 1. The van der Waals surface area contributed by atoms with Crippen molar-refractivity contribution >= 4 is 0 Å². The first-order chi connectivity index (χ1) is 5.74. The van der Waals surface area contributed by atoms with Gasteiger partial charge in [-0.3, -0.25) is 0 Å². The summed E-state index contributed by atoms with van der Waals surface area (Å²) in [6.07, 6.45) is -3.12. The van der Waals surface area contributed by atoms with Gasteiger partial charge in [0.15, 0.2) is 6.29 Å². The molecule has 0 radical (unpaired) electrons. The summed E-state index contributed by atoms with van der Waals surface area (Å²) < 4.78 is 15.2. The molecule has 2 bridgehead atoms. The average molecular weight is 176 g/mol. The summed E-state index contributed by atoms with van der Waals surface area (Å²) in [7, 11) is 1.45. The van der Waals surface area contributed by atoms with E-state index in [0.717, 1.165) is 0 Å². The molecular formula is C7H12O5. The van der Waals surface area contributed by atoms with Crippen LogP contribution in [0, 0.1) is 0 Å². The van der Waals surface area contributed by atoms with Gasteiger partial charge in [0.25, 0.3) is 0 Å². The first-order valence-corrected chi connectivity index (χ1v) is 3.90. The third-order valence-electron chi connectivity index (χ3n) is 2.36. The Balaban J connectivity index is 2.14. The van der Waals surface area contributed by atoms with Crippen LogP contribution in [-0.4, -0.2) is 54.6 Å². The van der Waals surface area contributed by atoms with E-state index in [-0.39, 0.29) is 0 Å². The highest BCUT2D eigenvalue weighted by atomic mass is 16.7. The van der Waals surface area contributed by atoms with E-state index in [9.17, 15) is 10.2 Å². The second-order valence-electron chi connectivity index (χ2n) is 3.05. The Labute approximate surface area is 69.8 Å². The number of methoxy groups -OCH3 is 1. The van der Waals surface area contributed by atoms with Crippen LogP contribution in [0.3, 0.4) is 0 Å². The Morgan fingerprint density at radius 3 is 2.83 bits per heavy atom. The number of hydrogen-bond acceptors (Lipinski definition) is 5. The van der Waals surface area contributed by atoms with Crippen LogP contribution < -0.4 is 0 Å². The SMILES string of the molecule is CO[C@@H]1[C@H]2OC[C@@H](O[C@@H]1O)[C@H]2O. The average Bonchev–Trinajstić information content (AvgIpc) is 2.34. The summed E-state index contributed by atoms with van der Waals surface area (Å²) in [5.41, 5.74) is 0. The van der Waals surface area contributed by atoms with Gasteiger partial charge >= 0.3 is 0 Å². The summed E-state index contributed by atoms with van der Waals surface area (Å²) in [5, 5.41) is 18.8. The van der Waals surface area contributed by atoms with Crippen molar-refractivity contribution in [2.75, 3.05) is 13.7 Å². The fourth-order valence-corrected chi connectivity index (χ4v) is 1.69. The first kappa shape index (κ1) is 8.40. The number of ether oxygens (including phenoxy) is 3. The molecule has 5 heteroatoms. The molecule has 2 N–H and O–H groups in total. The molecule has 2 saturated heterocycles. The van der Waals surface area contributed by atoms with Crippen molar-refractivity contribution in [1.29, 1.82) is 0 Å². The molecule has 70 valence electrons. The van der Waals surface area contributed by atoms with E-state index in [0.29, 0.717) is 6.61 Å². The minimum atomic E-state index is -0.990. The van der Waals surface area contributed by atoms with Crippen molar-refractivity contribution < 1.29 is 24.4 Å². The van der Waals surface area contributed by atoms with Gasteiger partial charge in [0, 0.05) is 7.11 Å². The molecule has 5 atom stereocenters. The lowest BCUT2D eigenvalue weighted by molar-refractivity contribution is -0.249. The predicted octanol–water partition coefficient (Wildman–Crippen LogP) is -1.52. The van der Waals surface area contributed by atoms with E-state index < -0.39 is 30.7 Å². The van der Waals surface area contributed by atoms with Gasteiger partial charge in [-0.2, -0.15) is 0 Å². The van der Waals surface area contributed by atoms with Crippen molar-refractivity contribution in [2.24, 2.45) is 0 Å². The van der Waals surface area contributed by atoms with Gasteiger partial charge in [0.05, 0.1) is 6.61 Å². The second kappa shape index (κ2) is 2.93. The highest BCUT2D eigenvalue weighted by Gasteiger charge is 2.50. The monoisotopic (exact) mass is 176 g/mol. The summed E-state index contributed by atoms with van der Waals surface area (Å²) in [4.78, 5) is 0. The highest BCUT2D eigenvalue weighted by Crippen LogP contribution is 2.29. The van der Waals surface area contributed by atoms with Gasteiger partial charge in [0.2, 0.25) is 0 Å². The quantitative estimate of drug-likeness (QED) is 0.507.